The van der Waals surface area contributed by atoms with Crippen LogP contribution in [-0.4, -0.2) is 16.7 Å². The van der Waals surface area contributed by atoms with E-state index in [1.807, 2.05) is 5.38 Å². The number of amides is 1. The lowest BCUT2D eigenvalue weighted by Crippen LogP contribution is -2.13. The summed E-state index contributed by atoms with van der Waals surface area (Å²) in [6.07, 6.45) is 2.72. The minimum absolute atomic E-state index is 0.0557. The van der Waals surface area contributed by atoms with E-state index in [9.17, 15) is 9.59 Å². The molecule has 1 aliphatic rings. The highest BCUT2D eigenvalue weighted by Crippen LogP contribution is 2.40. The molecule has 2 aromatic rings. The third-order valence-corrected chi connectivity index (χ3v) is 5.24. The molecule has 21 heavy (non-hydrogen) atoms. The largest absolute Gasteiger partial charge is 0.302 e. The van der Waals surface area contributed by atoms with Crippen molar-refractivity contribution in [2.45, 2.75) is 31.6 Å². The Hall–Kier alpha value is -1.24. The maximum atomic E-state index is 11.9. The lowest BCUT2D eigenvalue weighted by Gasteiger charge is -2.00. The van der Waals surface area contributed by atoms with Crippen LogP contribution in [0.25, 0.3) is 0 Å². The number of ketones is 1. The van der Waals surface area contributed by atoms with E-state index < -0.39 is 0 Å². The molecule has 1 aliphatic carbocycles. The number of thiophene rings is 1. The summed E-state index contributed by atoms with van der Waals surface area (Å²) in [4.78, 5) is 28.7. The van der Waals surface area contributed by atoms with Crippen LogP contribution >= 0.6 is 34.3 Å². The number of thiazole rings is 1. The van der Waals surface area contributed by atoms with Crippen molar-refractivity contribution in [3.8, 4) is 0 Å². The standard InChI is InChI=1S/C14H13ClN2O2S2/c15-12-5-4-11(21-12)10(18)3-6-13(19)17-14-16-9(7-20-14)8-1-2-8/h4-5,7-8H,1-3,6H2,(H,16,17,19). The van der Waals surface area contributed by atoms with Crippen molar-refractivity contribution in [1.29, 1.82) is 0 Å². The molecular weight excluding hydrogens is 328 g/mol. The van der Waals surface area contributed by atoms with Crippen molar-refractivity contribution in [1.82, 2.24) is 4.98 Å². The molecule has 0 spiro atoms. The quantitative estimate of drug-likeness (QED) is 0.796. The van der Waals surface area contributed by atoms with Gasteiger partial charge in [-0.3, -0.25) is 9.59 Å². The van der Waals surface area contributed by atoms with Gasteiger partial charge in [-0.05, 0) is 25.0 Å². The zero-order valence-corrected chi connectivity index (χ0v) is 13.5. The third kappa shape index (κ3) is 3.90. The van der Waals surface area contributed by atoms with Crippen LogP contribution in [0.2, 0.25) is 4.34 Å². The average molecular weight is 341 g/mol. The Morgan fingerprint density at radius 1 is 1.33 bits per heavy atom. The van der Waals surface area contributed by atoms with Gasteiger partial charge in [-0.1, -0.05) is 11.6 Å². The number of anilines is 1. The second-order valence-corrected chi connectivity index (χ2v) is 7.50. The van der Waals surface area contributed by atoms with Crippen molar-refractivity contribution in [3.05, 3.63) is 32.4 Å². The molecule has 0 bridgehead atoms. The predicted octanol–water partition coefficient (Wildman–Crippen LogP) is 4.34. The van der Waals surface area contributed by atoms with Gasteiger partial charge in [0.1, 0.15) is 0 Å². The Kier molecular flexibility index (Phi) is 4.37. The lowest BCUT2D eigenvalue weighted by molar-refractivity contribution is -0.116. The van der Waals surface area contributed by atoms with Crippen LogP contribution in [0.3, 0.4) is 0 Å². The molecule has 7 heteroatoms. The van der Waals surface area contributed by atoms with Gasteiger partial charge in [0, 0.05) is 24.1 Å². The topological polar surface area (TPSA) is 59.1 Å². The summed E-state index contributed by atoms with van der Waals surface area (Å²) < 4.78 is 0.582. The molecule has 0 saturated heterocycles. The van der Waals surface area contributed by atoms with E-state index in [0.717, 1.165) is 5.69 Å². The van der Waals surface area contributed by atoms with Gasteiger partial charge in [0.15, 0.2) is 10.9 Å². The summed E-state index contributed by atoms with van der Waals surface area (Å²) in [5.74, 6) is 0.347. The predicted molar refractivity (Wildman–Crippen MR) is 85.6 cm³/mol. The molecule has 1 fully saturated rings. The highest BCUT2D eigenvalue weighted by atomic mass is 35.5. The summed E-state index contributed by atoms with van der Waals surface area (Å²) in [6.45, 7) is 0. The van der Waals surface area contributed by atoms with Crippen molar-refractivity contribution in [2.24, 2.45) is 0 Å². The van der Waals surface area contributed by atoms with E-state index >= 15 is 0 Å². The molecule has 0 aromatic carbocycles. The van der Waals surface area contributed by atoms with Crippen LogP contribution in [0.1, 0.15) is 47.0 Å². The van der Waals surface area contributed by atoms with Gasteiger partial charge >= 0.3 is 0 Å². The molecule has 0 unspecified atom stereocenters. The molecule has 2 heterocycles. The van der Waals surface area contributed by atoms with E-state index in [1.165, 1.54) is 35.5 Å². The van der Waals surface area contributed by atoms with Crippen molar-refractivity contribution in [3.63, 3.8) is 0 Å². The minimum Gasteiger partial charge on any atom is -0.302 e. The van der Waals surface area contributed by atoms with E-state index in [-0.39, 0.29) is 24.5 Å². The van der Waals surface area contributed by atoms with Gasteiger partial charge in [-0.15, -0.1) is 22.7 Å². The summed E-state index contributed by atoms with van der Waals surface area (Å²) in [6, 6.07) is 3.38. The summed E-state index contributed by atoms with van der Waals surface area (Å²) in [5.41, 5.74) is 1.07. The molecule has 0 aliphatic heterocycles. The van der Waals surface area contributed by atoms with Gasteiger partial charge < -0.3 is 5.32 Å². The highest BCUT2D eigenvalue weighted by Gasteiger charge is 2.26. The molecule has 110 valence electrons. The van der Waals surface area contributed by atoms with E-state index in [0.29, 0.717) is 20.3 Å². The Morgan fingerprint density at radius 3 is 2.81 bits per heavy atom. The van der Waals surface area contributed by atoms with Crippen molar-refractivity contribution in [2.75, 3.05) is 5.32 Å². The number of carbonyl (C=O) groups is 2. The fourth-order valence-corrected chi connectivity index (χ4v) is 3.73. The highest BCUT2D eigenvalue weighted by molar-refractivity contribution is 7.18. The molecule has 1 amide bonds. The summed E-state index contributed by atoms with van der Waals surface area (Å²) in [5, 5.41) is 5.36. The first-order chi connectivity index (χ1) is 10.1. The smallest absolute Gasteiger partial charge is 0.226 e. The van der Waals surface area contributed by atoms with Crippen LogP contribution in [0.5, 0.6) is 0 Å². The van der Waals surface area contributed by atoms with Gasteiger partial charge in [0.05, 0.1) is 14.9 Å². The van der Waals surface area contributed by atoms with Crippen LogP contribution in [0.15, 0.2) is 17.5 Å². The number of Topliss-reactive ketones (excluding diaryl/α,β-unsaturated/α-hetero) is 1. The number of hydrogen-bond donors (Lipinski definition) is 1. The fourth-order valence-electron chi connectivity index (χ4n) is 1.91. The summed E-state index contributed by atoms with van der Waals surface area (Å²) >= 11 is 8.46. The minimum atomic E-state index is -0.178. The van der Waals surface area contributed by atoms with Gasteiger partial charge in [-0.25, -0.2) is 4.98 Å². The number of nitrogens with one attached hydrogen (secondary N) is 1. The number of hydrogen-bond acceptors (Lipinski definition) is 5. The number of aromatic nitrogens is 1. The number of nitrogens with zero attached hydrogens (tertiary/aromatic N) is 1. The normalized spacial score (nSPS) is 14.1. The molecule has 1 N–H and O–H groups in total. The zero-order valence-electron chi connectivity index (χ0n) is 11.1. The number of carbonyl (C=O) groups excluding carboxylic acids is 2. The zero-order chi connectivity index (χ0) is 14.8. The van der Waals surface area contributed by atoms with Gasteiger partial charge in [0.25, 0.3) is 0 Å². The first-order valence-corrected chi connectivity index (χ1v) is 8.73. The lowest BCUT2D eigenvalue weighted by atomic mass is 10.2. The van der Waals surface area contributed by atoms with Crippen molar-refractivity contribution < 1.29 is 9.59 Å². The van der Waals surface area contributed by atoms with E-state index in [2.05, 4.69) is 10.3 Å². The third-order valence-electron chi connectivity index (χ3n) is 3.19. The molecule has 4 nitrogen and oxygen atoms in total. The second-order valence-electron chi connectivity index (χ2n) is 4.93. The first-order valence-electron chi connectivity index (χ1n) is 6.65. The van der Waals surface area contributed by atoms with Crippen LogP contribution in [-0.2, 0) is 4.79 Å². The van der Waals surface area contributed by atoms with Gasteiger partial charge in [-0.2, -0.15) is 0 Å². The summed E-state index contributed by atoms with van der Waals surface area (Å²) in [7, 11) is 0. The second kappa shape index (κ2) is 6.25. The molecule has 1 saturated carbocycles. The molecule has 0 radical (unpaired) electrons. The average Bonchev–Trinajstić information content (AvgIpc) is 3.06. The monoisotopic (exact) mass is 340 g/mol. The Balaban J connectivity index is 1.48. The molecule has 0 atom stereocenters. The van der Waals surface area contributed by atoms with Crippen molar-refractivity contribution >= 4 is 51.1 Å². The van der Waals surface area contributed by atoms with Gasteiger partial charge in [0.2, 0.25) is 5.91 Å². The Bertz CT molecular complexity index is 676. The van der Waals surface area contributed by atoms with Crippen LogP contribution in [0, 0.1) is 0 Å². The SMILES string of the molecule is O=C(CCC(=O)c1ccc(Cl)s1)Nc1nc(C2CC2)cs1. The molecular formula is C14H13ClN2O2S2. The molecule has 2 aromatic heterocycles. The Morgan fingerprint density at radius 2 is 2.14 bits per heavy atom. The number of rotatable bonds is 6. The Labute approximate surface area is 135 Å². The van der Waals surface area contributed by atoms with Crippen LogP contribution in [0.4, 0.5) is 5.13 Å². The first kappa shape index (κ1) is 14.7. The number of halogens is 1. The van der Waals surface area contributed by atoms with Crippen LogP contribution < -0.4 is 5.32 Å². The molecule has 3 rings (SSSR count). The maximum Gasteiger partial charge on any atom is 0.226 e. The fraction of sp³-hybridized carbons (Fsp3) is 0.357. The maximum absolute atomic E-state index is 11.9. The van der Waals surface area contributed by atoms with E-state index in [4.69, 9.17) is 11.6 Å². The van der Waals surface area contributed by atoms with E-state index in [1.54, 1.807) is 12.1 Å².